The normalized spacial score (nSPS) is 22.7. The summed E-state index contributed by atoms with van der Waals surface area (Å²) in [4.78, 5) is 11.4. The highest BCUT2D eigenvalue weighted by Gasteiger charge is 2.27. The number of hydrogen-bond acceptors (Lipinski definition) is 3. The molecule has 0 aliphatic carbocycles. The van der Waals surface area contributed by atoms with Crippen LogP contribution in [0.1, 0.15) is 29.3 Å². The molecule has 0 spiro atoms. The Bertz CT molecular complexity index is 357. The summed E-state index contributed by atoms with van der Waals surface area (Å²) in [6.45, 7) is 3.86. The summed E-state index contributed by atoms with van der Waals surface area (Å²) in [7, 11) is 1.82. The van der Waals surface area contributed by atoms with Crippen LogP contribution in [0.5, 0.6) is 0 Å². The fourth-order valence-electron chi connectivity index (χ4n) is 1.45. The zero-order valence-corrected chi connectivity index (χ0v) is 7.90. The van der Waals surface area contributed by atoms with Crippen LogP contribution in [0, 0.1) is 6.92 Å². The molecule has 13 heavy (non-hydrogen) atoms. The summed E-state index contributed by atoms with van der Waals surface area (Å²) in [5.41, 5.74) is 4.23. The van der Waals surface area contributed by atoms with Crippen molar-refractivity contribution >= 4 is 5.91 Å². The van der Waals surface area contributed by atoms with Crippen molar-refractivity contribution in [3.63, 3.8) is 0 Å². The number of rotatable bonds is 0. The number of amides is 1. The van der Waals surface area contributed by atoms with Gasteiger partial charge in [0.15, 0.2) is 0 Å². The van der Waals surface area contributed by atoms with Crippen LogP contribution in [0.4, 0.5) is 0 Å². The van der Waals surface area contributed by atoms with Crippen molar-refractivity contribution in [1.29, 1.82) is 0 Å². The highest BCUT2D eigenvalue weighted by molar-refractivity contribution is 5.92. The number of aromatic nitrogens is 2. The van der Waals surface area contributed by atoms with Crippen molar-refractivity contribution in [2.24, 2.45) is 0 Å². The van der Waals surface area contributed by atoms with E-state index in [1.165, 1.54) is 0 Å². The first-order chi connectivity index (χ1) is 6.09. The zero-order valence-electron chi connectivity index (χ0n) is 7.90. The van der Waals surface area contributed by atoms with Gasteiger partial charge in [-0.3, -0.25) is 10.2 Å². The van der Waals surface area contributed by atoms with Gasteiger partial charge in [0.2, 0.25) is 0 Å². The largest absolute Gasteiger partial charge is 0.283 e. The van der Waals surface area contributed by atoms with Gasteiger partial charge in [0.05, 0.1) is 5.69 Å². The molecular formula is C8H12N4O. The molecule has 1 unspecified atom stereocenters. The highest BCUT2D eigenvalue weighted by atomic mass is 16.2. The SMILES string of the molecule is Cc1cc2n(n1)C(C)N(C)NC2=O. The van der Waals surface area contributed by atoms with Crippen LogP contribution in [0.2, 0.25) is 0 Å². The number of carbonyl (C=O) groups is 1. The van der Waals surface area contributed by atoms with Crippen LogP contribution in [-0.4, -0.2) is 27.7 Å². The Hall–Kier alpha value is -1.36. The van der Waals surface area contributed by atoms with Crippen molar-refractivity contribution in [2.75, 3.05) is 7.05 Å². The van der Waals surface area contributed by atoms with Gasteiger partial charge in [-0.15, -0.1) is 0 Å². The summed E-state index contributed by atoms with van der Waals surface area (Å²) in [6, 6.07) is 1.79. The molecule has 1 N–H and O–H groups in total. The molecule has 1 aromatic heterocycles. The number of carbonyl (C=O) groups excluding carboxylic acids is 1. The molecule has 1 aliphatic heterocycles. The number of nitrogens with zero attached hydrogens (tertiary/aromatic N) is 3. The van der Waals surface area contributed by atoms with Crippen LogP contribution < -0.4 is 5.43 Å². The maximum absolute atomic E-state index is 11.4. The maximum atomic E-state index is 11.4. The lowest BCUT2D eigenvalue weighted by Crippen LogP contribution is -2.48. The predicted octanol–water partition coefficient (Wildman–Crippen LogP) is 0.300. The lowest BCUT2D eigenvalue weighted by molar-refractivity contribution is 0.0525. The molecule has 1 amide bonds. The molecule has 2 heterocycles. The number of hydrogen-bond donors (Lipinski definition) is 1. The highest BCUT2D eigenvalue weighted by Crippen LogP contribution is 2.17. The number of aryl methyl sites for hydroxylation is 1. The summed E-state index contributed by atoms with van der Waals surface area (Å²) in [6.07, 6.45) is 0.0707. The van der Waals surface area contributed by atoms with Crippen LogP contribution in [0.25, 0.3) is 0 Å². The molecule has 1 atom stereocenters. The molecular weight excluding hydrogens is 168 g/mol. The standard InChI is InChI=1S/C8H12N4O/c1-5-4-7-8(13)10-11(3)6(2)12(7)9-5/h4,6H,1-3H3,(H,10,13). The van der Waals surface area contributed by atoms with E-state index in [9.17, 15) is 4.79 Å². The van der Waals surface area contributed by atoms with Gasteiger partial charge >= 0.3 is 0 Å². The van der Waals surface area contributed by atoms with Crippen LogP contribution in [0.3, 0.4) is 0 Å². The van der Waals surface area contributed by atoms with E-state index >= 15 is 0 Å². The van der Waals surface area contributed by atoms with E-state index in [2.05, 4.69) is 10.5 Å². The van der Waals surface area contributed by atoms with E-state index in [0.29, 0.717) is 5.69 Å². The molecule has 2 rings (SSSR count). The van der Waals surface area contributed by atoms with Crippen molar-refractivity contribution in [3.8, 4) is 0 Å². The summed E-state index contributed by atoms with van der Waals surface area (Å²) in [5.74, 6) is -0.0961. The minimum absolute atomic E-state index is 0.0707. The van der Waals surface area contributed by atoms with Gasteiger partial charge in [0, 0.05) is 7.05 Å². The zero-order chi connectivity index (χ0) is 9.59. The number of fused-ring (bicyclic) bond motifs is 1. The third kappa shape index (κ3) is 1.12. The molecule has 0 bridgehead atoms. The lowest BCUT2D eigenvalue weighted by Gasteiger charge is -2.30. The summed E-state index contributed by atoms with van der Waals surface area (Å²) in [5, 5.41) is 5.99. The second-order valence-electron chi connectivity index (χ2n) is 3.30. The van der Waals surface area contributed by atoms with Gasteiger partial charge in [0.25, 0.3) is 5.91 Å². The third-order valence-corrected chi connectivity index (χ3v) is 2.28. The molecule has 5 nitrogen and oxygen atoms in total. The molecule has 1 aliphatic rings. The fourth-order valence-corrected chi connectivity index (χ4v) is 1.45. The average Bonchev–Trinajstić information content (AvgIpc) is 2.44. The monoisotopic (exact) mass is 180 g/mol. The minimum atomic E-state index is -0.0961. The maximum Gasteiger partial charge on any atom is 0.283 e. The quantitative estimate of drug-likeness (QED) is 0.624. The van der Waals surface area contributed by atoms with Gasteiger partial charge in [0.1, 0.15) is 11.9 Å². The van der Waals surface area contributed by atoms with E-state index in [1.54, 1.807) is 15.8 Å². The molecule has 70 valence electrons. The first kappa shape index (κ1) is 8.25. The molecule has 0 aromatic carbocycles. The Kier molecular flexibility index (Phi) is 1.63. The topological polar surface area (TPSA) is 50.2 Å². The van der Waals surface area contributed by atoms with E-state index in [1.807, 2.05) is 20.9 Å². The molecule has 0 saturated carbocycles. The second kappa shape index (κ2) is 2.56. The predicted molar refractivity (Wildman–Crippen MR) is 46.9 cm³/mol. The first-order valence-electron chi connectivity index (χ1n) is 4.19. The van der Waals surface area contributed by atoms with E-state index in [-0.39, 0.29) is 12.1 Å². The molecule has 1 aromatic rings. The Balaban J connectivity index is 2.53. The van der Waals surface area contributed by atoms with Crippen molar-refractivity contribution in [2.45, 2.75) is 20.0 Å². The average molecular weight is 180 g/mol. The van der Waals surface area contributed by atoms with Crippen molar-refractivity contribution < 1.29 is 4.79 Å². The lowest BCUT2D eigenvalue weighted by atomic mass is 10.3. The number of hydrazine groups is 1. The Morgan fingerprint density at radius 2 is 2.31 bits per heavy atom. The minimum Gasteiger partial charge on any atom is -0.282 e. The Morgan fingerprint density at radius 3 is 3.00 bits per heavy atom. The molecule has 0 radical (unpaired) electrons. The molecule has 0 saturated heterocycles. The Morgan fingerprint density at radius 1 is 1.62 bits per heavy atom. The van der Waals surface area contributed by atoms with Gasteiger partial charge in [-0.25, -0.2) is 4.68 Å². The number of nitrogens with one attached hydrogen (secondary N) is 1. The van der Waals surface area contributed by atoms with Crippen LogP contribution in [-0.2, 0) is 0 Å². The van der Waals surface area contributed by atoms with Gasteiger partial charge < -0.3 is 0 Å². The van der Waals surface area contributed by atoms with Gasteiger partial charge in [-0.1, -0.05) is 0 Å². The fraction of sp³-hybridized carbons (Fsp3) is 0.500. The van der Waals surface area contributed by atoms with E-state index in [4.69, 9.17) is 0 Å². The van der Waals surface area contributed by atoms with Gasteiger partial charge in [-0.2, -0.15) is 10.1 Å². The van der Waals surface area contributed by atoms with Crippen molar-refractivity contribution in [1.82, 2.24) is 20.2 Å². The van der Waals surface area contributed by atoms with E-state index < -0.39 is 0 Å². The Labute approximate surface area is 76.3 Å². The van der Waals surface area contributed by atoms with Crippen LogP contribution >= 0.6 is 0 Å². The third-order valence-electron chi connectivity index (χ3n) is 2.28. The summed E-state index contributed by atoms with van der Waals surface area (Å²) >= 11 is 0. The smallest absolute Gasteiger partial charge is 0.282 e. The first-order valence-corrected chi connectivity index (χ1v) is 4.19. The van der Waals surface area contributed by atoms with Gasteiger partial charge in [-0.05, 0) is 19.9 Å². The molecule has 0 fully saturated rings. The summed E-state index contributed by atoms with van der Waals surface area (Å²) < 4.78 is 1.73. The van der Waals surface area contributed by atoms with E-state index in [0.717, 1.165) is 5.69 Å². The van der Waals surface area contributed by atoms with Crippen LogP contribution in [0.15, 0.2) is 6.07 Å². The molecule has 5 heteroatoms. The second-order valence-corrected chi connectivity index (χ2v) is 3.30. The van der Waals surface area contributed by atoms with Crippen molar-refractivity contribution in [3.05, 3.63) is 17.5 Å².